The molecule has 21 heavy (non-hydrogen) atoms. The number of imidazole rings is 1. The smallest absolute Gasteiger partial charge is 0.255 e. The van der Waals surface area contributed by atoms with Crippen LogP contribution in [0.1, 0.15) is 22.9 Å². The van der Waals surface area contributed by atoms with Crippen molar-refractivity contribution in [2.45, 2.75) is 19.4 Å². The lowest BCUT2D eigenvalue weighted by atomic mass is 10.1. The van der Waals surface area contributed by atoms with Gasteiger partial charge in [-0.05, 0) is 12.1 Å². The molecule has 0 unspecified atom stereocenters. The molecule has 0 spiro atoms. The van der Waals surface area contributed by atoms with Crippen LogP contribution in [0.3, 0.4) is 0 Å². The third-order valence-corrected chi connectivity index (χ3v) is 3.76. The molecular formula is C15H15N5O. The molecule has 1 aliphatic heterocycles. The number of rotatable bonds is 2. The second kappa shape index (κ2) is 4.82. The summed E-state index contributed by atoms with van der Waals surface area (Å²) in [7, 11) is 0. The summed E-state index contributed by atoms with van der Waals surface area (Å²) in [6, 6.07) is 7.87. The van der Waals surface area contributed by atoms with Crippen molar-refractivity contribution in [2.24, 2.45) is 0 Å². The molecule has 1 aromatic carbocycles. The number of aromatic amines is 2. The summed E-state index contributed by atoms with van der Waals surface area (Å²) in [5, 5.41) is 3.19. The molecule has 6 heteroatoms. The fourth-order valence-electron chi connectivity index (χ4n) is 2.74. The molecule has 0 saturated carbocycles. The van der Waals surface area contributed by atoms with Crippen molar-refractivity contribution in [3.63, 3.8) is 0 Å². The van der Waals surface area contributed by atoms with Gasteiger partial charge in [0.2, 0.25) is 0 Å². The molecule has 3 N–H and O–H groups in total. The summed E-state index contributed by atoms with van der Waals surface area (Å²) in [4.78, 5) is 27.3. The van der Waals surface area contributed by atoms with E-state index in [4.69, 9.17) is 0 Å². The Balaban J connectivity index is 1.70. The van der Waals surface area contributed by atoms with E-state index in [0.717, 1.165) is 41.1 Å². The quantitative estimate of drug-likeness (QED) is 0.651. The van der Waals surface area contributed by atoms with Crippen LogP contribution in [0, 0.1) is 0 Å². The van der Waals surface area contributed by atoms with Crippen LogP contribution < -0.4 is 10.9 Å². The minimum Gasteiger partial charge on any atom is -0.342 e. The molecule has 0 saturated heterocycles. The molecule has 4 rings (SSSR count). The van der Waals surface area contributed by atoms with Gasteiger partial charge in [0.1, 0.15) is 11.6 Å². The van der Waals surface area contributed by atoms with Gasteiger partial charge in [0.15, 0.2) is 0 Å². The highest BCUT2D eigenvalue weighted by atomic mass is 16.1. The number of hydrogen-bond acceptors (Lipinski definition) is 4. The van der Waals surface area contributed by atoms with E-state index in [2.05, 4.69) is 25.3 Å². The van der Waals surface area contributed by atoms with Gasteiger partial charge in [-0.1, -0.05) is 12.1 Å². The maximum Gasteiger partial charge on any atom is 0.255 e. The molecule has 0 fully saturated rings. The van der Waals surface area contributed by atoms with E-state index in [0.29, 0.717) is 18.8 Å². The summed E-state index contributed by atoms with van der Waals surface area (Å²) in [5.41, 5.74) is 3.55. The van der Waals surface area contributed by atoms with E-state index in [1.165, 1.54) is 0 Å². The van der Waals surface area contributed by atoms with Crippen molar-refractivity contribution in [1.82, 2.24) is 25.3 Å². The first-order valence-corrected chi connectivity index (χ1v) is 7.05. The predicted octanol–water partition coefficient (Wildman–Crippen LogP) is 0.883. The molecule has 1 aliphatic rings. The van der Waals surface area contributed by atoms with E-state index < -0.39 is 0 Å². The lowest BCUT2D eigenvalue weighted by Gasteiger charge is -2.15. The van der Waals surface area contributed by atoms with Crippen LogP contribution in [0.5, 0.6) is 0 Å². The van der Waals surface area contributed by atoms with Gasteiger partial charge in [-0.3, -0.25) is 4.79 Å². The number of fused-ring (bicyclic) bond motifs is 2. The monoisotopic (exact) mass is 281 g/mol. The Morgan fingerprint density at radius 3 is 2.86 bits per heavy atom. The largest absolute Gasteiger partial charge is 0.342 e. The van der Waals surface area contributed by atoms with Crippen molar-refractivity contribution >= 4 is 11.0 Å². The average molecular weight is 281 g/mol. The Hall–Kier alpha value is -2.47. The van der Waals surface area contributed by atoms with E-state index in [-0.39, 0.29) is 5.56 Å². The fourth-order valence-corrected chi connectivity index (χ4v) is 2.74. The zero-order chi connectivity index (χ0) is 14.2. The topological polar surface area (TPSA) is 86.5 Å². The van der Waals surface area contributed by atoms with Crippen molar-refractivity contribution in [1.29, 1.82) is 0 Å². The number of hydrogen-bond donors (Lipinski definition) is 3. The first-order valence-electron chi connectivity index (χ1n) is 7.05. The zero-order valence-electron chi connectivity index (χ0n) is 11.4. The van der Waals surface area contributed by atoms with Crippen LogP contribution in [0.4, 0.5) is 0 Å². The normalized spacial score (nSPS) is 14.3. The number of para-hydroxylation sites is 2. The molecule has 3 aromatic rings. The third-order valence-electron chi connectivity index (χ3n) is 3.76. The van der Waals surface area contributed by atoms with Crippen LogP contribution in [0.15, 0.2) is 29.1 Å². The van der Waals surface area contributed by atoms with Crippen molar-refractivity contribution in [2.75, 3.05) is 6.54 Å². The van der Waals surface area contributed by atoms with E-state index in [9.17, 15) is 4.79 Å². The lowest BCUT2D eigenvalue weighted by Crippen LogP contribution is -2.32. The minimum atomic E-state index is -0.0432. The van der Waals surface area contributed by atoms with E-state index in [1.54, 1.807) is 0 Å². The van der Waals surface area contributed by atoms with Gasteiger partial charge in [0, 0.05) is 19.5 Å². The molecule has 0 amide bonds. The molecular weight excluding hydrogens is 266 g/mol. The zero-order valence-corrected chi connectivity index (χ0v) is 11.4. The van der Waals surface area contributed by atoms with Gasteiger partial charge in [0.25, 0.3) is 5.56 Å². The van der Waals surface area contributed by atoms with Gasteiger partial charge in [0.05, 0.1) is 28.7 Å². The first kappa shape index (κ1) is 12.3. The molecule has 0 bridgehead atoms. The van der Waals surface area contributed by atoms with Crippen molar-refractivity contribution in [3.8, 4) is 0 Å². The summed E-state index contributed by atoms with van der Waals surface area (Å²) >= 11 is 0. The van der Waals surface area contributed by atoms with Crippen LogP contribution >= 0.6 is 0 Å². The first-order chi connectivity index (χ1) is 10.3. The second-order valence-electron chi connectivity index (χ2n) is 5.24. The highest BCUT2D eigenvalue weighted by molar-refractivity contribution is 5.74. The minimum absolute atomic E-state index is 0.0432. The molecule has 0 atom stereocenters. The number of nitrogens with one attached hydrogen (secondary N) is 3. The summed E-state index contributed by atoms with van der Waals surface area (Å²) < 4.78 is 0. The van der Waals surface area contributed by atoms with Gasteiger partial charge < -0.3 is 15.3 Å². The number of H-pyrrole nitrogens is 2. The molecule has 2 aromatic heterocycles. The third kappa shape index (κ3) is 2.23. The highest BCUT2D eigenvalue weighted by Gasteiger charge is 2.15. The second-order valence-corrected chi connectivity index (χ2v) is 5.24. The SMILES string of the molecule is O=c1[nH]c(Cc2nc3ccccc3[nH]2)nc2c1CNCC2. The Bertz CT molecular complexity index is 831. The number of aromatic nitrogens is 4. The van der Waals surface area contributed by atoms with E-state index >= 15 is 0 Å². The lowest BCUT2D eigenvalue weighted by molar-refractivity contribution is 0.614. The molecule has 0 aliphatic carbocycles. The van der Waals surface area contributed by atoms with Crippen LogP contribution in [-0.2, 0) is 19.4 Å². The Morgan fingerprint density at radius 2 is 1.95 bits per heavy atom. The van der Waals surface area contributed by atoms with Gasteiger partial charge in [-0.2, -0.15) is 0 Å². The summed E-state index contributed by atoms with van der Waals surface area (Å²) in [5.74, 6) is 1.48. The van der Waals surface area contributed by atoms with Crippen molar-refractivity contribution < 1.29 is 0 Å². The van der Waals surface area contributed by atoms with Gasteiger partial charge in [-0.15, -0.1) is 0 Å². The standard InChI is InChI=1S/C15H15N5O/c21-15-9-8-16-6-5-10(9)17-14(20-15)7-13-18-11-3-1-2-4-12(11)19-13/h1-4,16H,5-8H2,(H,18,19)(H,17,20,21). The van der Waals surface area contributed by atoms with E-state index in [1.807, 2.05) is 24.3 Å². The maximum absolute atomic E-state index is 12.1. The summed E-state index contributed by atoms with van der Waals surface area (Å²) in [6.45, 7) is 1.47. The van der Waals surface area contributed by atoms with Gasteiger partial charge in [-0.25, -0.2) is 9.97 Å². The van der Waals surface area contributed by atoms with Crippen LogP contribution in [0.2, 0.25) is 0 Å². The number of benzene rings is 1. The average Bonchev–Trinajstić information content (AvgIpc) is 2.89. The Morgan fingerprint density at radius 1 is 1.10 bits per heavy atom. The molecule has 3 heterocycles. The maximum atomic E-state index is 12.1. The molecule has 106 valence electrons. The highest BCUT2D eigenvalue weighted by Crippen LogP contribution is 2.13. The van der Waals surface area contributed by atoms with Crippen molar-refractivity contribution in [3.05, 3.63) is 57.5 Å². The fraction of sp³-hybridized carbons (Fsp3) is 0.267. The van der Waals surface area contributed by atoms with Gasteiger partial charge >= 0.3 is 0 Å². The number of nitrogens with zero attached hydrogens (tertiary/aromatic N) is 2. The molecule has 0 radical (unpaired) electrons. The van der Waals surface area contributed by atoms with Crippen LogP contribution in [-0.4, -0.2) is 26.5 Å². The van der Waals surface area contributed by atoms with Crippen LogP contribution in [0.25, 0.3) is 11.0 Å². The Kier molecular flexibility index (Phi) is 2.82. The Labute approximate surface area is 120 Å². The molecule has 6 nitrogen and oxygen atoms in total. The summed E-state index contributed by atoms with van der Waals surface area (Å²) in [6.07, 6.45) is 1.30. The predicted molar refractivity (Wildman–Crippen MR) is 79.2 cm³/mol.